The predicted molar refractivity (Wildman–Crippen MR) is 75.9 cm³/mol. The second-order valence-corrected chi connectivity index (χ2v) is 5.84. The minimum atomic E-state index is 0.300. The van der Waals surface area contributed by atoms with Crippen molar-refractivity contribution >= 4 is 5.96 Å². The van der Waals surface area contributed by atoms with Crippen LogP contribution in [-0.2, 0) is 13.0 Å². The van der Waals surface area contributed by atoms with Gasteiger partial charge < -0.3 is 15.2 Å². The molecule has 5 nitrogen and oxygen atoms in total. The lowest BCUT2D eigenvalue weighted by atomic mass is 9.99. The molecule has 19 heavy (non-hydrogen) atoms. The van der Waals surface area contributed by atoms with E-state index in [1.54, 1.807) is 0 Å². The van der Waals surface area contributed by atoms with E-state index in [-0.39, 0.29) is 0 Å². The van der Waals surface area contributed by atoms with Gasteiger partial charge in [0.05, 0.1) is 6.04 Å². The highest BCUT2D eigenvalue weighted by molar-refractivity contribution is 5.78. The first-order valence-corrected chi connectivity index (χ1v) is 7.30. The van der Waals surface area contributed by atoms with Crippen molar-refractivity contribution < 1.29 is 0 Å². The van der Waals surface area contributed by atoms with Gasteiger partial charge in [-0.05, 0) is 25.2 Å². The van der Waals surface area contributed by atoms with E-state index in [1.807, 2.05) is 12.4 Å². The van der Waals surface area contributed by atoms with Gasteiger partial charge in [0.1, 0.15) is 5.82 Å². The number of hydrogen-bond donors (Lipinski definition) is 1. The molecule has 0 saturated carbocycles. The van der Waals surface area contributed by atoms with Crippen molar-refractivity contribution in [3.63, 3.8) is 0 Å². The summed E-state index contributed by atoms with van der Waals surface area (Å²) in [5.41, 5.74) is 6.17. The van der Waals surface area contributed by atoms with Crippen molar-refractivity contribution in [2.45, 2.75) is 45.2 Å². The highest BCUT2D eigenvalue weighted by Gasteiger charge is 2.21. The number of aromatic nitrogens is 2. The molecule has 3 rings (SSSR count). The maximum absolute atomic E-state index is 6.17. The van der Waals surface area contributed by atoms with E-state index in [1.165, 1.54) is 12.8 Å². The average Bonchev–Trinajstić information content (AvgIpc) is 2.87. The number of hydrogen-bond acceptors (Lipinski definition) is 2. The Balaban J connectivity index is 1.62. The SMILES string of the molecule is CC1CCN(C(N)=NC2CCn3ccnc3C2)CC1. The van der Waals surface area contributed by atoms with E-state index < -0.39 is 0 Å². The van der Waals surface area contributed by atoms with E-state index >= 15 is 0 Å². The molecule has 0 spiro atoms. The number of imidazole rings is 1. The summed E-state index contributed by atoms with van der Waals surface area (Å²) in [4.78, 5) is 11.3. The zero-order valence-electron chi connectivity index (χ0n) is 11.6. The lowest BCUT2D eigenvalue weighted by Crippen LogP contribution is -2.43. The van der Waals surface area contributed by atoms with Gasteiger partial charge >= 0.3 is 0 Å². The van der Waals surface area contributed by atoms with Gasteiger partial charge in [-0.25, -0.2) is 9.98 Å². The Morgan fingerprint density at radius 3 is 2.89 bits per heavy atom. The summed E-state index contributed by atoms with van der Waals surface area (Å²) < 4.78 is 2.21. The first-order chi connectivity index (χ1) is 9.22. The molecule has 2 aliphatic heterocycles. The smallest absolute Gasteiger partial charge is 0.191 e. The third-order valence-corrected chi connectivity index (χ3v) is 4.35. The van der Waals surface area contributed by atoms with Gasteiger partial charge in [-0.15, -0.1) is 0 Å². The van der Waals surface area contributed by atoms with Gasteiger partial charge in [-0.1, -0.05) is 6.92 Å². The number of nitrogens with two attached hydrogens (primary N) is 1. The van der Waals surface area contributed by atoms with Gasteiger partial charge in [0.15, 0.2) is 5.96 Å². The Hall–Kier alpha value is -1.52. The molecule has 0 amide bonds. The molecular formula is C14H23N5. The molecule has 1 unspecified atom stereocenters. The van der Waals surface area contributed by atoms with Gasteiger partial charge in [0.25, 0.3) is 0 Å². The quantitative estimate of drug-likeness (QED) is 0.611. The average molecular weight is 261 g/mol. The highest BCUT2D eigenvalue weighted by Crippen LogP contribution is 2.18. The van der Waals surface area contributed by atoms with Gasteiger partial charge in [0.2, 0.25) is 0 Å². The standard InChI is InChI=1S/C14H23N5/c1-11-2-6-19(7-3-11)14(15)17-12-4-8-18-9-5-16-13(18)10-12/h5,9,11-12H,2-4,6-8,10H2,1H3,(H2,15,17). The summed E-state index contributed by atoms with van der Waals surface area (Å²) in [5, 5.41) is 0. The molecule has 2 N–H and O–H groups in total. The number of aliphatic imine (C=N–C) groups is 1. The summed E-state index contributed by atoms with van der Waals surface area (Å²) in [6.45, 7) is 5.43. The zero-order valence-corrected chi connectivity index (χ0v) is 11.6. The van der Waals surface area contributed by atoms with Crippen molar-refractivity contribution in [3.8, 4) is 0 Å². The van der Waals surface area contributed by atoms with Crippen LogP contribution in [0.1, 0.15) is 32.0 Å². The van der Waals surface area contributed by atoms with Crippen LogP contribution in [0.3, 0.4) is 0 Å². The second-order valence-electron chi connectivity index (χ2n) is 5.84. The maximum Gasteiger partial charge on any atom is 0.191 e. The first-order valence-electron chi connectivity index (χ1n) is 7.30. The van der Waals surface area contributed by atoms with Crippen molar-refractivity contribution in [1.82, 2.24) is 14.5 Å². The third kappa shape index (κ3) is 2.74. The Bertz CT molecular complexity index is 456. The molecule has 5 heteroatoms. The Morgan fingerprint density at radius 1 is 1.32 bits per heavy atom. The molecular weight excluding hydrogens is 238 g/mol. The molecule has 0 aromatic carbocycles. The largest absolute Gasteiger partial charge is 0.370 e. The first kappa shape index (κ1) is 12.5. The Labute approximate surface area is 114 Å². The van der Waals surface area contributed by atoms with Crippen molar-refractivity contribution in [2.75, 3.05) is 13.1 Å². The van der Waals surface area contributed by atoms with Gasteiger partial charge in [0, 0.05) is 38.4 Å². The highest BCUT2D eigenvalue weighted by atomic mass is 15.3. The lowest BCUT2D eigenvalue weighted by Gasteiger charge is -2.32. The lowest BCUT2D eigenvalue weighted by molar-refractivity contribution is 0.276. The second kappa shape index (κ2) is 5.23. The summed E-state index contributed by atoms with van der Waals surface area (Å²) in [5.74, 6) is 2.70. The van der Waals surface area contributed by atoms with Gasteiger partial charge in [-0.2, -0.15) is 0 Å². The van der Waals surface area contributed by atoms with Crippen LogP contribution in [0.2, 0.25) is 0 Å². The van der Waals surface area contributed by atoms with Crippen LogP contribution < -0.4 is 5.73 Å². The number of nitrogens with zero attached hydrogens (tertiary/aromatic N) is 4. The number of guanidine groups is 1. The predicted octanol–water partition coefficient (Wildman–Crippen LogP) is 1.24. The van der Waals surface area contributed by atoms with Crippen LogP contribution in [0, 0.1) is 5.92 Å². The molecule has 0 aliphatic carbocycles. The van der Waals surface area contributed by atoms with Gasteiger partial charge in [-0.3, -0.25) is 0 Å². The topological polar surface area (TPSA) is 59.4 Å². The molecule has 104 valence electrons. The summed E-state index contributed by atoms with van der Waals surface area (Å²) in [6, 6.07) is 0.300. The van der Waals surface area contributed by atoms with Crippen molar-refractivity contribution in [1.29, 1.82) is 0 Å². The number of aryl methyl sites for hydroxylation is 1. The van der Waals surface area contributed by atoms with Crippen LogP contribution in [0.15, 0.2) is 17.4 Å². The zero-order chi connectivity index (χ0) is 13.2. The van der Waals surface area contributed by atoms with Crippen LogP contribution in [-0.4, -0.2) is 39.5 Å². The molecule has 0 bridgehead atoms. The monoisotopic (exact) mass is 261 g/mol. The number of likely N-dealkylation sites (tertiary alicyclic amines) is 1. The Kier molecular flexibility index (Phi) is 3.44. The van der Waals surface area contributed by atoms with E-state index in [0.717, 1.165) is 50.2 Å². The number of piperidine rings is 1. The molecule has 3 heterocycles. The molecule has 0 radical (unpaired) electrons. The van der Waals surface area contributed by atoms with E-state index in [4.69, 9.17) is 10.7 Å². The fourth-order valence-electron chi connectivity index (χ4n) is 2.95. The molecule has 2 aliphatic rings. The van der Waals surface area contributed by atoms with Crippen LogP contribution in [0.25, 0.3) is 0 Å². The summed E-state index contributed by atoms with van der Waals surface area (Å²) in [7, 11) is 0. The molecule has 1 atom stereocenters. The van der Waals surface area contributed by atoms with Crippen molar-refractivity contribution in [2.24, 2.45) is 16.6 Å². The number of fused-ring (bicyclic) bond motifs is 1. The molecule has 1 aromatic heterocycles. The summed E-state index contributed by atoms with van der Waals surface area (Å²) in [6.07, 6.45) is 8.35. The molecule has 1 fully saturated rings. The molecule has 1 saturated heterocycles. The normalized spacial score (nSPS) is 25.4. The summed E-state index contributed by atoms with van der Waals surface area (Å²) >= 11 is 0. The van der Waals surface area contributed by atoms with Crippen LogP contribution >= 0.6 is 0 Å². The Morgan fingerprint density at radius 2 is 2.11 bits per heavy atom. The van der Waals surface area contributed by atoms with E-state index in [9.17, 15) is 0 Å². The third-order valence-electron chi connectivity index (χ3n) is 4.35. The minimum Gasteiger partial charge on any atom is -0.370 e. The number of rotatable bonds is 1. The van der Waals surface area contributed by atoms with Crippen LogP contribution in [0.4, 0.5) is 0 Å². The maximum atomic E-state index is 6.17. The fourth-order valence-corrected chi connectivity index (χ4v) is 2.95. The molecule has 1 aromatic rings. The fraction of sp³-hybridized carbons (Fsp3) is 0.714. The van der Waals surface area contributed by atoms with Crippen molar-refractivity contribution in [3.05, 3.63) is 18.2 Å². The van der Waals surface area contributed by atoms with Crippen LogP contribution in [0.5, 0.6) is 0 Å². The van der Waals surface area contributed by atoms with E-state index in [2.05, 4.69) is 21.4 Å². The minimum absolute atomic E-state index is 0.300. The van der Waals surface area contributed by atoms with E-state index in [0.29, 0.717) is 6.04 Å².